The third kappa shape index (κ3) is 3.16. The van der Waals surface area contributed by atoms with Gasteiger partial charge >= 0.3 is 6.18 Å². The number of piperidine rings is 1. The molecule has 156 valence electrons. The molecule has 1 saturated heterocycles. The molecule has 10 nitrogen and oxygen atoms in total. The van der Waals surface area contributed by atoms with Gasteiger partial charge in [0.1, 0.15) is 17.2 Å². The van der Waals surface area contributed by atoms with E-state index >= 15 is 0 Å². The molecule has 0 bridgehead atoms. The number of halogens is 3. The fourth-order valence-corrected chi connectivity index (χ4v) is 3.55. The van der Waals surface area contributed by atoms with E-state index in [4.69, 9.17) is 0 Å². The number of hydrogen-bond donors (Lipinski definition) is 3. The minimum absolute atomic E-state index is 0.134. The number of nitrogens with one attached hydrogen (secondary N) is 2. The number of rotatable bonds is 3. The van der Waals surface area contributed by atoms with Crippen LogP contribution in [-0.4, -0.2) is 63.8 Å². The molecule has 30 heavy (non-hydrogen) atoms. The summed E-state index contributed by atoms with van der Waals surface area (Å²) in [6, 6.07) is 1.77. The van der Waals surface area contributed by atoms with Crippen LogP contribution in [0.5, 0.6) is 0 Å². The van der Waals surface area contributed by atoms with E-state index in [2.05, 4.69) is 30.0 Å². The Morgan fingerprint density at radius 2 is 2.07 bits per heavy atom. The molecule has 0 aliphatic carbocycles. The minimum atomic E-state index is -4.65. The van der Waals surface area contributed by atoms with Crippen LogP contribution in [0.4, 0.5) is 19.0 Å². The van der Waals surface area contributed by atoms with E-state index < -0.39 is 18.1 Å². The average Bonchev–Trinajstić information content (AvgIpc) is 3.44. The summed E-state index contributed by atoms with van der Waals surface area (Å²) in [4.78, 5) is 21.4. The zero-order valence-corrected chi connectivity index (χ0v) is 15.4. The highest BCUT2D eigenvalue weighted by Crippen LogP contribution is 2.32. The number of fused-ring (bicyclic) bond motifs is 1. The van der Waals surface area contributed by atoms with Crippen LogP contribution in [0.3, 0.4) is 0 Å². The molecule has 0 spiro atoms. The van der Waals surface area contributed by atoms with E-state index in [1.807, 2.05) is 10.00 Å². The number of imidazole rings is 2. The van der Waals surface area contributed by atoms with Crippen molar-refractivity contribution in [2.75, 3.05) is 18.0 Å². The molecule has 5 heterocycles. The SMILES string of the molecule is OC1CCCN(c2ccn3c(-c4cnc[nH]4)c(-c4n[nH]c(C(F)(F)F)n4)nc3n2)C1. The molecule has 0 aromatic carbocycles. The van der Waals surface area contributed by atoms with E-state index in [1.165, 1.54) is 12.5 Å². The molecule has 1 aliphatic heterocycles. The maximum Gasteiger partial charge on any atom is 0.451 e. The number of aliphatic hydroxyl groups is 1. The Bertz CT molecular complexity index is 1180. The number of anilines is 1. The van der Waals surface area contributed by atoms with Crippen molar-refractivity contribution in [1.82, 2.24) is 39.5 Å². The second-order valence-electron chi connectivity index (χ2n) is 6.98. The average molecular weight is 419 g/mol. The Morgan fingerprint density at radius 3 is 2.77 bits per heavy atom. The molecule has 4 aromatic rings. The molecule has 1 fully saturated rings. The largest absolute Gasteiger partial charge is 0.451 e. The van der Waals surface area contributed by atoms with Gasteiger partial charge in [0.15, 0.2) is 0 Å². The topological polar surface area (TPSA) is 124 Å². The number of H-pyrrole nitrogens is 2. The lowest BCUT2D eigenvalue weighted by Crippen LogP contribution is -2.38. The molecule has 1 unspecified atom stereocenters. The standard InChI is InChI=1S/C17H16F3N9O/c18-17(19,20)15-25-14(26-27-15)12-13(10-6-21-8-22-10)29-5-3-11(23-16(29)24-12)28-4-1-2-9(30)7-28/h3,5-6,8-9,30H,1-2,4,7H2,(H,21,22)(H,25,26,27). The Hall–Kier alpha value is -3.48. The van der Waals surface area contributed by atoms with Crippen molar-refractivity contribution in [2.45, 2.75) is 25.1 Å². The zero-order valence-electron chi connectivity index (χ0n) is 15.4. The van der Waals surface area contributed by atoms with Gasteiger partial charge < -0.3 is 15.0 Å². The van der Waals surface area contributed by atoms with Crippen molar-refractivity contribution in [1.29, 1.82) is 0 Å². The molecule has 5 rings (SSSR count). The Kier molecular flexibility index (Phi) is 4.20. The third-order valence-corrected chi connectivity index (χ3v) is 4.92. The molecule has 0 amide bonds. The summed E-state index contributed by atoms with van der Waals surface area (Å²) in [7, 11) is 0. The minimum Gasteiger partial charge on any atom is -0.391 e. The van der Waals surface area contributed by atoms with Crippen LogP contribution >= 0.6 is 0 Å². The summed E-state index contributed by atoms with van der Waals surface area (Å²) < 4.78 is 40.6. The Balaban J connectivity index is 1.64. The van der Waals surface area contributed by atoms with Crippen LogP contribution in [-0.2, 0) is 6.18 Å². The van der Waals surface area contributed by atoms with Crippen molar-refractivity contribution in [3.8, 4) is 22.9 Å². The van der Waals surface area contributed by atoms with Crippen LogP contribution < -0.4 is 4.90 Å². The second kappa shape index (κ2) is 6.79. The number of aromatic amines is 2. The van der Waals surface area contributed by atoms with Gasteiger partial charge in [-0.05, 0) is 18.9 Å². The summed E-state index contributed by atoms with van der Waals surface area (Å²) in [5, 5.41) is 15.5. The van der Waals surface area contributed by atoms with Gasteiger partial charge in [0.2, 0.25) is 17.4 Å². The predicted molar refractivity (Wildman–Crippen MR) is 98.4 cm³/mol. The van der Waals surface area contributed by atoms with Crippen LogP contribution in [0.15, 0.2) is 24.8 Å². The van der Waals surface area contributed by atoms with Gasteiger partial charge in [-0.3, -0.25) is 9.50 Å². The number of β-amino-alcohol motifs (C(OH)–C–C–N with tert-alkyl or cyclic N) is 1. The highest BCUT2D eigenvalue weighted by Gasteiger charge is 2.36. The summed E-state index contributed by atoms with van der Waals surface area (Å²) in [6.45, 7) is 1.21. The second-order valence-corrected chi connectivity index (χ2v) is 6.98. The van der Waals surface area contributed by atoms with Crippen LogP contribution in [0.25, 0.3) is 28.7 Å². The molecule has 0 saturated carbocycles. The molecule has 13 heteroatoms. The van der Waals surface area contributed by atoms with Gasteiger partial charge in [-0.25, -0.2) is 15.0 Å². The Morgan fingerprint density at radius 1 is 1.20 bits per heavy atom. The van der Waals surface area contributed by atoms with Crippen LogP contribution in [0, 0.1) is 0 Å². The monoisotopic (exact) mass is 419 g/mol. The smallest absolute Gasteiger partial charge is 0.391 e. The van der Waals surface area contributed by atoms with E-state index in [0.717, 1.165) is 19.4 Å². The molecule has 0 radical (unpaired) electrons. The maximum atomic E-state index is 13.0. The normalized spacial score (nSPS) is 17.7. The van der Waals surface area contributed by atoms with Crippen molar-refractivity contribution >= 4 is 11.6 Å². The fourth-order valence-electron chi connectivity index (χ4n) is 3.55. The number of aromatic nitrogens is 8. The van der Waals surface area contributed by atoms with Crippen molar-refractivity contribution in [3.05, 3.63) is 30.6 Å². The number of alkyl halides is 3. The van der Waals surface area contributed by atoms with Gasteiger partial charge in [0.05, 0.1) is 24.3 Å². The van der Waals surface area contributed by atoms with Gasteiger partial charge in [0.25, 0.3) is 0 Å². The van der Waals surface area contributed by atoms with Gasteiger partial charge in [0, 0.05) is 19.3 Å². The summed E-state index contributed by atoms with van der Waals surface area (Å²) >= 11 is 0. The van der Waals surface area contributed by atoms with Gasteiger partial charge in [-0.1, -0.05) is 0 Å². The first-order chi connectivity index (χ1) is 14.4. The molecule has 1 atom stereocenters. The van der Waals surface area contributed by atoms with Crippen LogP contribution in [0.2, 0.25) is 0 Å². The van der Waals surface area contributed by atoms with Crippen molar-refractivity contribution in [2.24, 2.45) is 0 Å². The first-order valence-corrected chi connectivity index (χ1v) is 9.21. The Labute approximate surface area is 166 Å². The molecular weight excluding hydrogens is 403 g/mol. The van der Waals surface area contributed by atoms with E-state index in [0.29, 0.717) is 23.8 Å². The predicted octanol–water partition coefficient (Wildman–Crippen LogP) is 1.88. The lowest BCUT2D eigenvalue weighted by atomic mass is 10.1. The quantitative estimate of drug-likeness (QED) is 0.463. The summed E-state index contributed by atoms with van der Waals surface area (Å²) in [6.07, 6.45) is 1.20. The molecule has 3 N–H and O–H groups in total. The zero-order chi connectivity index (χ0) is 20.9. The van der Waals surface area contributed by atoms with E-state index in [-0.39, 0.29) is 17.3 Å². The van der Waals surface area contributed by atoms with Gasteiger partial charge in [-0.2, -0.15) is 23.3 Å². The van der Waals surface area contributed by atoms with Crippen LogP contribution in [0.1, 0.15) is 18.7 Å². The number of hydrogen-bond acceptors (Lipinski definition) is 7. The highest BCUT2D eigenvalue weighted by molar-refractivity contribution is 5.76. The first-order valence-electron chi connectivity index (χ1n) is 9.21. The summed E-state index contributed by atoms with van der Waals surface area (Å²) in [5.74, 6) is -0.515. The number of nitrogens with zero attached hydrogens (tertiary/aromatic N) is 7. The van der Waals surface area contributed by atoms with Crippen molar-refractivity contribution in [3.63, 3.8) is 0 Å². The third-order valence-electron chi connectivity index (χ3n) is 4.92. The highest BCUT2D eigenvalue weighted by atomic mass is 19.4. The summed E-state index contributed by atoms with van der Waals surface area (Å²) in [5.41, 5.74) is 1.10. The van der Waals surface area contributed by atoms with E-state index in [9.17, 15) is 18.3 Å². The fraction of sp³-hybridized carbons (Fsp3) is 0.353. The van der Waals surface area contributed by atoms with Crippen molar-refractivity contribution < 1.29 is 18.3 Å². The lowest BCUT2D eigenvalue weighted by Gasteiger charge is -2.30. The molecule has 4 aromatic heterocycles. The lowest BCUT2D eigenvalue weighted by molar-refractivity contribution is -0.144. The van der Waals surface area contributed by atoms with Gasteiger partial charge in [-0.15, -0.1) is 0 Å². The molecule has 1 aliphatic rings. The van der Waals surface area contributed by atoms with E-state index in [1.54, 1.807) is 16.7 Å². The maximum absolute atomic E-state index is 13.0. The first kappa shape index (κ1) is 18.5. The number of aliphatic hydroxyl groups excluding tert-OH is 1. The molecular formula is C17H16F3N9O.